The normalized spacial score (nSPS) is 21.2. The van der Waals surface area contributed by atoms with Gasteiger partial charge in [0.05, 0.1) is 0 Å². The van der Waals surface area contributed by atoms with Crippen LogP contribution in [0.5, 0.6) is 0 Å². The predicted octanol–water partition coefficient (Wildman–Crippen LogP) is 2.73. The number of hydrogen-bond donors (Lipinski definition) is 1. The lowest BCUT2D eigenvalue weighted by atomic mass is 10.00. The molecule has 0 aromatic heterocycles. The van der Waals surface area contributed by atoms with E-state index in [0.717, 1.165) is 12.5 Å². The lowest BCUT2D eigenvalue weighted by Gasteiger charge is -2.20. The Bertz CT molecular complexity index is 145. The highest BCUT2D eigenvalue weighted by Gasteiger charge is 2.20. The minimum atomic E-state index is 0.684. The fourth-order valence-corrected chi connectivity index (χ4v) is 1.96. The van der Waals surface area contributed by atoms with Crippen LogP contribution in [0.2, 0.25) is 0 Å². The molecule has 1 nitrogen and oxygen atoms in total. The maximum atomic E-state index is 3.89. The van der Waals surface area contributed by atoms with Gasteiger partial charge >= 0.3 is 0 Å². The second-order valence-corrected chi connectivity index (χ2v) is 4.17. The molecule has 0 saturated heterocycles. The Morgan fingerprint density at radius 2 is 2.08 bits per heavy atom. The molecule has 0 heterocycles. The van der Waals surface area contributed by atoms with Crippen molar-refractivity contribution in [3.63, 3.8) is 0 Å². The molecule has 70 valence electrons. The molecule has 12 heavy (non-hydrogen) atoms. The first-order valence-electron chi connectivity index (χ1n) is 5.08. The summed E-state index contributed by atoms with van der Waals surface area (Å²) in [6, 6.07) is 0.684. The molecular formula is C11H21N. The summed E-state index contributed by atoms with van der Waals surface area (Å²) in [6.07, 6.45) is 5.71. The molecule has 1 heteroatoms. The van der Waals surface area contributed by atoms with Crippen LogP contribution in [0.15, 0.2) is 12.2 Å². The van der Waals surface area contributed by atoms with Crippen LogP contribution in [0.3, 0.4) is 0 Å². The molecule has 1 saturated carbocycles. The summed E-state index contributed by atoms with van der Waals surface area (Å²) < 4.78 is 0. The van der Waals surface area contributed by atoms with Crippen molar-refractivity contribution in [1.82, 2.24) is 5.32 Å². The summed E-state index contributed by atoms with van der Waals surface area (Å²) in [5, 5.41) is 3.52. The molecule has 1 N–H and O–H groups in total. The first kappa shape index (κ1) is 9.79. The van der Waals surface area contributed by atoms with E-state index in [0.29, 0.717) is 6.04 Å². The third-order valence-corrected chi connectivity index (χ3v) is 2.83. The van der Waals surface area contributed by atoms with Crippen LogP contribution in [0.1, 0.15) is 39.5 Å². The molecule has 1 rings (SSSR count). The molecule has 0 aromatic rings. The molecule has 1 fully saturated rings. The largest absolute Gasteiger partial charge is 0.310 e. The van der Waals surface area contributed by atoms with Crippen molar-refractivity contribution in [3.8, 4) is 0 Å². The Labute approximate surface area is 76.2 Å². The van der Waals surface area contributed by atoms with Gasteiger partial charge in [-0.05, 0) is 32.6 Å². The minimum absolute atomic E-state index is 0.684. The Hall–Kier alpha value is -0.300. The van der Waals surface area contributed by atoms with Crippen LogP contribution in [0.4, 0.5) is 0 Å². The summed E-state index contributed by atoms with van der Waals surface area (Å²) in [4.78, 5) is 0. The molecule has 0 radical (unpaired) electrons. The SMILES string of the molecule is C=C(C)CN[C@H](C)C1CCCC1. The van der Waals surface area contributed by atoms with E-state index in [2.05, 4.69) is 25.7 Å². The van der Waals surface area contributed by atoms with Gasteiger partial charge in [-0.3, -0.25) is 0 Å². The molecule has 0 amide bonds. The standard InChI is InChI=1S/C11H21N/c1-9(2)8-12-10(3)11-6-4-5-7-11/h10-12H,1,4-8H2,2-3H3/t10-/m1/s1. The highest BCUT2D eigenvalue weighted by molar-refractivity contribution is 4.92. The van der Waals surface area contributed by atoms with Gasteiger partial charge in [0.1, 0.15) is 0 Å². The first-order valence-corrected chi connectivity index (χ1v) is 5.08. The number of hydrogen-bond acceptors (Lipinski definition) is 1. The topological polar surface area (TPSA) is 12.0 Å². The lowest BCUT2D eigenvalue weighted by Crippen LogP contribution is -2.33. The van der Waals surface area contributed by atoms with Gasteiger partial charge < -0.3 is 5.32 Å². The number of rotatable bonds is 4. The zero-order valence-electron chi connectivity index (χ0n) is 8.40. The van der Waals surface area contributed by atoms with Crippen LogP contribution in [-0.2, 0) is 0 Å². The average molecular weight is 167 g/mol. The van der Waals surface area contributed by atoms with Crippen molar-refractivity contribution in [3.05, 3.63) is 12.2 Å². The van der Waals surface area contributed by atoms with E-state index in [-0.39, 0.29) is 0 Å². The summed E-state index contributed by atoms with van der Waals surface area (Å²) >= 11 is 0. The second kappa shape index (κ2) is 4.66. The van der Waals surface area contributed by atoms with Crippen LogP contribution in [0.25, 0.3) is 0 Å². The van der Waals surface area contributed by atoms with E-state index in [1.54, 1.807) is 0 Å². The molecule has 0 aliphatic heterocycles. The first-order chi connectivity index (χ1) is 5.70. The van der Waals surface area contributed by atoms with E-state index in [9.17, 15) is 0 Å². The molecule has 0 unspecified atom stereocenters. The third-order valence-electron chi connectivity index (χ3n) is 2.83. The molecule has 0 aromatic carbocycles. The van der Waals surface area contributed by atoms with E-state index < -0.39 is 0 Å². The molecule has 0 spiro atoms. The minimum Gasteiger partial charge on any atom is -0.310 e. The average Bonchev–Trinajstić information content (AvgIpc) is 2.51. The van der Waals surface area contributed by atoms with E-state index in [4.69, 9.17) is 0 Å². The Balaban J connectivity index is 2.17. The zero-order valence-corrected chi connectivity index (χ0v) is 8.40. The van der Waals surface area contributed by atoms with Crippen molar-refractivity contribution in [2.45, 2.75) is 45.6 Å². The van der Waals surface area contributed by atoms with Crippen molar-refractivity contribution in [1.29, 1.82) is 0 Å². The Morgan fingerprint density at radius 1 is 1.50 bits per heavy atom. The molecule has 1 aliphatic rings. The number of nitrogens with one attached hydrogen (secondary N) is 1. The van der Waals surface area contributed by atoms with Crippen molar-refractivity contribution < 1.29 is 0 Å². The maximum absolute atomic E-state index is 3.89. The molecule has 1 aliphatic carbocycles. The smallest absolute Gasteiger partial charge is 0.0161 e. The van der Waals surface area contributed by atoms with E-state index in [1.165, 1.54) is 31.3 Å². The third kappa shape index (κ3) is 2.98. The lowest BCUT2D eigenvalue weighted by molar-refractivity contribution is 0.392. The van der Waals surface area contributed by atoms with Gasteiger partial charge in [-0.15, -0.1) is 0 Å². The summed E-state index contributed by atoms with van der Waals surface area (Å²) in [5.74, 6) is 0.921. The van der Waals surface area contributed by atoms with Gasteiger partial charge in [0.2, 0.25) is 0 Å². The summed E-state index contributed by atoms with van der Waals surface area (Å²) in [6.45, 7) is 9.26. The monoisotopic (exact) mass is 167 g/mol. The van der Waals surface area contributed by atoms with E-state index in [1.807, 2.05) is 0 Å². The Kier molecular flexibility index (Phi) is 3.80. The molecular weight excluding hydrogens is 146 g/mol. The zero-order chi connectivity index (χ0) is 8.97. The predicted molar refractivity (Wildman–Crippen MR) is 54.2 cm³/mol. The second-order valence-electron chi connectivity index (χ2n) is 4.17. The van der Waals surface area contributed by atoms with Crippen LogP contribution < -0.4 is 5.32 Å². The van der Waals surface area contributed by atoms with Crippen molar-refractivity contribution in [2.75, 3.05) is 6.54 Å². The maximum Gasteiger partial charge on any atom is 0.0161 e. The molecule has 0 bridgehead atoms. The quantitative estimate of drug-likeness (QED) is 0.635. The fraction of sp³-hybridized carbons (Fsp3) is 0.818. The van der Waals surface area contributed by atoms with Crippen LogP contribution >= 0.6 is 0 Å². The Morgan fingerprint density at radius 3 is 2.58 bits per heavy atom. The summed E-state index contributed by atoms with van der Waals surface area (Å²) in [7, 11) is 0. The van der Waals surface area contributed by atoms with E-state index >= 15 is 0 Å². The fourth-order valence-electron chi connectivity index (χ4n) is 1.96. The van der Waals surface area contributed by atoms with Gasteiger partial charge in [0.15, 0.2) is 0 Å². The van der Waals surface area contributed by atoms with Crippen molar-refractivity contribution >= 4 is 0 Å². The van der Waals surface area contributed by atoms with Gasteiger partial charge in [-0.1, -0.05) is 25.0 Å². The van der Waals surface area contributed by atoms with Crippen molar-refractivity contribution in [2.24, 2.45) is 5.92 Å². The summed E-state index contributed by atoms with van der Waals surface area (Å²) in [5.41, 5.74) is 1.24. The van der Waals surface area contributed by atoms with Gasteiger partial charge in [-0.25, -0.2) is 0 Å². The van der Waals surface area contributed by atoms with Gasteiger partial charge in [-0.2, -0.15) is 0 Å². The molecule has 1 atom stereocenters. The van der Waals surface area contributed by atoms with Crippen LogP contribution in [0, 0.1) is 5.92 Å². The van der Waals surface area contributed by atoms with Crippen LogP contribution in [-0.4, -0.2) is 12.6 Å². The highest BCUT2D eigenvalue weighted by Crippen LogP contribution is 2.27. The van der Waals surface area contributed by atoms with Gasteiger partial charge in [0, 0.05) is 12.6 Å². The van der Waals surface area contributed by atoms with Gasteiger partial charge in [0.25, 0.3) is 0 Å². The highest BCUT2D eigenvalue weighted by atomic mass is 14.9.